The van der Waals surface area contributed by atoms with Gasteiger partial charge in [-0.3, -0.25) is 4.79 Å². The second-order valence-electron chi connectivity index (χ2n) is 9.15. The molecule has 1 aromatic heterocycles. The number of alkyl halides is 3. The monoisotopic (exact) mass is 598 g/mol. The molecule has 0 bridgehead atoms. The van der Waals surface area contributed by atoms with Crippen LogP contribution in [0.25, 0.3) is 0 Å². The van der Waals surface area contributed by atoms with Gasteiger partial charge >= 0.3 is 6.18 Å². The summed E-state index contributed by atoms with van der Waals surface area (Å²) in [6.45, 7) is 3.72. The van der Waals surface area contributed by atoms with E-state index in [2.05, 4.69) is 0 Å². The van der Waals surface area contributed by atoms with Crippen LogP contribution >= 0.6 is 11.3 Å². The zero-order valence-electron chi connectivity index (χ0n) is 22.8. The van der Waals surface area contributed by atoms with Crippen LogP contribution in [0.5, 0.6) is 11.5 Å². The summed E-state index contributed by atoms with van der Waals surface area (Å²) in [5.41, 5.74) is 0.831. The van der Waals surface area contributed by atoms with Crippen LogP contribution in [0.2, 0.25) is 0 Å². The predicted molar refractivity (Wildman–Crippen MR) is 148 cm³/mol. The van der Waals surface area contributed by atoms with Gasteiger partial charge in [-0.25, -0.2) is 8.42 Å². The highest BCUT2D eigenvalue weighted by molar-refractivity contribution is 7.89. The summed E-state index contributed by atoms with van der Waals surface area (Å²) in [7, 11) is -1.30. The summed E-state index contributed by atoms with van der Waals surface area (Å²) in [5.74, 6) is 0.675. The minimum atomic E-state index is -4.70. The van der Waals surface area contributed by atoms with Crippen LogP contribution in [0.15, 0.2) is 58.8 Å². The molecule has 7 nitrogen and oxygen atoms in total. The van der Waals surface area contributed by atoms with Crippen molar-refractivity contribution in [3.8, 4) is 11.5 Å². The molecule has 1 amide bonds. The third-order valence-electron chi connectivity index (χ3n) is 6.36. The van der Waals surface area contributed by atoms with E-state index in [-0.39, 0.29) is 19.6 Å². The fourth-order valence-electron chi connectivity index (χ4n) is 4.10. The molecule has 0 saturated carbocycles. The number of hydrogen-bond donors (Lipinski definition) is 0. The third kappa shape index (κ3) is 7.76. The molecule has 2 aromatic carbocycles. The van der Waals surface area contributed by atoms with Gasteiger partial charge in [-0.1, -0.05) is 19.1 Å². The van der Waals surface area contributed by atoms with Crippen molar-refractivity contribution >= 4 is 27.3 Å². The predicted octanol–water partition coefficient (Wildman–Crippen LogP) is 5.76. The van der Waals surface area contributed by atoms with E-state index in [1.165, 1.54) is 25.6 Å². The van der Waals surface area contributed by atoms with Gasteiger partial charge in [0.2, 0.25) is 15.9 Å². The number of aryl methyl sites for hydroxylation is 1. The number of nitrogens with zero attached hydrogens (tertiary/aromatic N) is 2. The van der Waals surface area contributed by atoms with E-state index in [1.807, 2.05) is 30.5 Å². The molecule has 0 atom stereocenters. The van der Waals surface area contributed by atoms with Gasteiger partial charge in [-0.15, -0.1) is 11.3 Å². The summed E-state index contributed by atoms with van der Waals surface area (Å²) >= 11 is 1.49. The Labute approximate surface area is 237 Å². The van der Waals surface area contributed by atoms with E-state index >= 15 is 0 Å². The van der Waals surface area contributed by atoms with Crippen LogP contribution in [-0.2, 0) is 34.0 Å². The maximum Gasteiger partial charge on any atom is 0.416 e. The molecule has 0 radical (unpaired) electrons. The van der Waals surface area contributed by atoms with E-state index in [0.717, 1.165) is 38.5 Å². The minimum Gasteiger partial charge on any atom is -0.493 e. The van der Waals surface area contributed by atoms with E-state index in [4.69, 9.17) is 9.47 Å². The molecular formula is C28H33F3N2O5S2. The number of benzene rings is 2. The van der Waals surface area contributed by atoms with E-state index in [1.54, 1.807) is 17.9 Å². The molecule has 40 heavy (non-hydrogen) atoms. The average Bonchev–Trinajstić information content (AvgIpc) is 3.33. The topological polar surface area (TPSA) is 76.2 Å². The number of hydrogen-bond acceptors (Lipinski definition) is 6. The van der Waals surface area contributed by atoms with Gasteiger partial charge in [-0.2, -0.15) is 17.5 Å². The molecule has 0 N–H and O–H groups in total. The van der Waals surface area contributed by atoms with Crippen molar-refractivity contribution in [2.24, 2.45) is 0 Å². The summed E-state index contributed by atoms with van der Waals surface area (Å²) in [4.78, 5) is 15.7. The molecule has 0 aliphatic carbocycles. The van der Waals surface area contributed by atoms with Gasteiger partial charge in [0, 0.05) is 18.0 Å². The third-order valence-corrected chi connectivity index (χ3v) is 9.21. The Balaban J connectivity index is 1.87. The molecule has 218 valence electrons. The van der Waals surface area contributed by atoms with Crippen molar-refractivity contribution in [3.05, 3.63) is 75.5 Å². The lowest BCUT2D eigenvalue weighted by Gasteiger charge is -2.27. The minimum absolute atomic E-state index is 0.0220. The largest absolute Gasteiger partial charge is 0.493 e. The lowest BCUT2D eigenvalue weighted by atomic mass is 10.1. The number of thiophene rings is 1. The van der Waals surface area contributed by atoms with Gasteiger partial charge in [0.05, 0.1) is 37.8 Å². The van der Waals surface area contributed by atoms with Crippen LogP contribution < -0.4 is 9.47 Å². The number of amides is 1. The smallest absolute Gasteiger partial charge is 0.416 e. The highest BCUT2D eigenvalue weighted by atomic mass is 32.2. The Hall–Kier alpha value is -3.09. The SMILES string of the molecule is CCCN(CC(=O)N(CCc1ccc(OC)c(OC)c1)Cc1sccc1C)S(=O)(=O)c1cccc(C(F)(F)F)c1. The highest BCUT2D eigenvalue weighted by Crippen LogP contribution is 2.31. The number of ether oxygens (including phenoxy) is 2. The molecule has 1 heterocycles. The van der Waals surface area contributed by atoms with Crippen molar-refractivity contribution < 1.29 is 35.9 Å². The Morgan fingerprint density at radius 3 is 2.33 bits per heavy atom. The van der Waals surface area contributed by atoms with Crippen LogP contribution in [-0.4, -0.2) is 57.4 Å². The first-order valence-corrected chi connectivity index (χ1v) is 14.9. The van der Waals surface area contributed by atoms with Crippen LogP contribution in [0.1, 0.15) is 34.9 Å². The lowest BCUT2D eigenvalue weighted by molar-refractivity contribution is -0.137. The molecule has 0 aliphatic heterocycles. The maximum atomic E-state index is 13.6. The Morgan fingerprint density at radius 2 is 1.73 bits per heavy atom. The van der Waals surface area contributed by atoms with E-state index in [0.29, 0.717) is 30.4 Å². The summed E-state index contributed by atoms with van der Waals surface area (Å²) in [6, 6.07) is 11.0. The zero-order chi connectivity index (χ0) is 29.5. The lowest BCUT2D eigenvalue weighted by Crippen LogP contribution is -2.43. The summed E-state index contributed by atoms with van der Waals surface area (Å²) in [5, 5.41) is 1.92. The first-order chi connectivity index (χ1) is 18.9. The van der Waals surface area contributed by atoms with Crippen molar-refractivity contribution in [1.29, 1.82) is 0 Å². The number of sulfonamides is 1. The number of carbonyl (C=O) groups is 1. The molecule has 0 saturated heterocycles. The fourth-order valence-corrected chi connectivity index (χ4v) is 6.55. The molecule has 0 aliphatic rings. The zero-order valence-corrected chi connectivity index (χ0v) is 24.5. The van der Waals surface area contributed by atoms with Crippen molar-refractivity contribution in [3.63, 3.8) is 0 Å². The molecular weight excluding hydrogens is 565 g/mol. The Kier molecular flexibility index (Phi) is 10.6. The van der Waals surface area contributed by atoms with Crippen LogP contribution in [0.4, 0.5) is 13.2 Å². The number of carbonyl (C=O) groups excluding carboxylic acids is 1. The Bertz CT molecular complexity index is 1410. The number of methoxy groups -OCH3 is 2. The summed E-state index contributed by atoms with van der Waals surface area (Å²) in [6.07, 6.45) is -3.86. The quantitative estimate of drug-likeness (QED) is 0.250. The molecule has 12 heteroatoms. The normalized spacial score (nSPS) is 12.0. The number of halogens is 3. The molecule has 3 rings (SSSR count). The van der Waals surface area contributed by atoms with Gasteiger partial charge < -0.3 is 14.4 Å². The average molecular weight is 599 g/mol. The van der Waals surface area contributed by atoms with Crippen LogP contribution in [0, 0.1) is 6.92 Å². The van der Waals surface area contributed by atoms with Gasteiger partial charge in [-0.05, 0) is 72.7 Å². The molecule has 3 aromatic rings. The second-order valence-corrected chi connectivity index (χ2v) is 12.1. The van der Waals surface area contributed by atoms with Crippen molar-refractivity contribution in [2.45, 2.75) is 44.3 Å². The summed E-state index contributed by atoms with van der Waals surface area (Å²) < 4.78 is 78.2. The Morgan fingerprint density at radius 1 is 1.00 bits per heavy atom. The second kappa shape index (κ2) is 13.5. The maximum absolute atomic E-state index is 13.6. The molecule has 0 unspecified atom stereocenters. The van der Waals surface area contributed by atoms with Gasteiger partial charge in [0.1, 0.15) is 0 Å². The van der Waals surface area contributed by atoms with Crippen molar-refractivity contribution in [2.75, 3.05) is 33.9 Å². The van der Waals surface area contributed by atoms with Crippen molar-refractivity contribution in [1.82, 2.24) is 9.21 Å². The standard InChI is InChI=1S/C28H33F3N2O5S2/c1-5-13-33(40(35,36)23-8-6-7-22(17-23)28(29,30)31)19-27(34)32(18-26-20(2)12-15-39-26)14-11-21-9-10-24(37-3)25(16-21)38-4/h6-10,12,15-17H,5,11,13-14,18-19H2,1-4H3. The number of rotatable bonds is 13. The molecule has 0 spiro atoms. The first-order valence-electron chi connectivity index (χ1n) is 12.6. The molecule has 0 fully saturated rings. The van der Waals surface area contributed by atoms with Gasteiger partial charge in [0.25, 0.3) is 0 Å². The van der Waals surface area contributed by atoms with Gasteiger partial charge in [0.15, 0.2) is 11.5 Å². The first kappa shape index (κ1) is 31.4. The van der Waals surface area contributed by atoms with Crippen LogP contribution in [0.3, 0.4) is 0 Å². The highest BCUT2D eigenvalue weighted by Gasteiger charge is 2.34. The fraction of sp³-hybridized carbons (Fsp3) is 0.393. The van der Waals surface area contributed by atoms with E-state index in [9.17, 15) is 26.4 Å². The van der Waals surface area contributed by atoms with E-state index < -0.39 is 39.1 Å².